The standard InChI is InChI=1S/C15H19NO3/c1-10-3-5-12(6-4-10)14(17)16-8-7-13(15(18)19)9-11(16)2/h3-6,11,13H,7-9H2,1-2H3,(H,18,19). The van der Waals surface area contributed by atoms with E-state index in [9.17, 15) is 9.59 Å². The number of carbonyl (C=O) groups excluding carboxylic acids is 1. The Kier molecular flexibility index (Phi) is 3.88. The van der Waals surface area contributed by atoms with Crippen LogP contribution in [0.15, 0.2) is 24.3 Å². The number of piperidine rings is 1. The Morgan fingerprint density at radius 2 is 1.89 bits per heavy atom. The number of hydrogen-bond acceptors (Lipinski definition) is 2. The summed E-state index contributed by atoms with van der Waals surface area (Å²) in [5.41, 5.74) is 1.79. The number of aryl methyl sites for hydroxylation is 1. The molecule has 102 valence electrons. The van der Waals surface area contributed by atoms with E-state index in [0.29, 0.717) is 24.9 Å². The minimum absolute atomic E-state index is 0.00339. The molecular formula is C15H19NO3. The third-order valence-electron chi connectivity index (χ3n) is 3.78. The molecule has 1 amide bonds. The van der Waals surface area contributed by atoms with Crippen molar-refractivity contribution in [1.29, 1.82) is 0 Å². The first-order valence-electron chi connectivity index (χ1n) is 6.59. The molecule has 1 N–H and O–H groups in total. The first kappa shape index (κ1) is 13.6. The number of rotatable bonds is 2. The fourth-order valence-electron chi connectivity index (χ4n) is 2.56. The number of aliphatic carboxylic acids is 1. The van der Waals surface area contributed by atoms with E-state index in [1.807, 2.05) is 38.1 Å². The second-order valence-corrected chi connectivity index (χ2v) is 5.27. The molecule has 1 aliphatic rings. The molecule has 19 heavy (non-hydrogen) atoms. The summed E-state index contributed by atoms with van der Waals surface area (Å²) in [5.74, 6) is -1.08. The van der Waals surface area contributed by atoms with Crippen LogP contribution in [-0.4, -0.2) is 34.5 Å². The summed E-state index contributed by atoms with van der Waals surface area (Å²) in [4.78, 5) is 25.1. The van der Waals surface area contributed by atoms with Crippen molar-refractivity contribution in [1.82, 2.24) is 4.90 Å². The van der Waals surface area contributed by atoms with Crippen molar-refractivity contribution in [2.45, 2.75) is 32.7 Å². The van der Waals surface area contributed by atoms with Gasteiger partial charge in [0.2, 0.25) is 0 Å². The van der Waals surface area contributed by atoms with Gasteiger partial charge in [-0.25, -0.2) is 0 Å². The highest BCUT2D eigenvalue weighted by Crippen LogP contribution is 2.24. The van der Waals surface area contributed by atoms with Crippen molar-refractivity contribution in [2.24, 2.45) is 5.92 Å². The monoisotopic (exact) mass is 261 g/mol. The molecule has 2 rings (SSSR count). The van der Waals surface area contributed by atoms with Crippen molar-refractivity contribution in [3.63, 3.8) is 0 Å². The fourth-order valence-corrected chi connectivity index (χ4v) is 2.56. The van der Waals surface area contributed by atoms with Crippen LogP contribution in [0.5, 0.6) is 0 Å². The van der Waals surface area contributed by atoms with E-state index in [0.717, 1.165) is 5.56 Å². The van der Waals surface area contributed by atoms with Crippen LogP contribution >= 0.6 is 0 Å². The predicted octanol–water partition coefficient (Wildman–Crippen LogP) is 2.32. The average Bonchev–Trinajstić information content (AvgIpc) is 2.38. The van der Waals surface area contributed by atoms with Gasteiger partial charge in [0.25, 0.3) is 5.91 Å². The highest BCUT2D eigenvalue weighted by atomic mass is 16.4. The maximum Gasteiger partial charge on any atom is 0.306 e. The van der Waals surface area contributed by atoms with Crippen LogP contribution in [0.1, 0.15) is 35.7 Å². The Hall–Kier alpha value is -1.84. The molecular weight excluding hydrogens is 242 g/mol. The van der Waals surface area contributed by atoms with Crippen molar-refractivity contribution in [3.8, 4) is 0 Å². The minimum Gasteiger partial charge on any atom is -0.481 e. The lowest BCUT2D eigenvalue weighted by atomic mass is 9.91. The van der Waals surface area contributed by atoms with Gasteiger partial charge in [-0.3, -0.25) is 9.59 Å². The zero-order valence-electron chi connectivity index (χ0n) is 11.3. The second kappa shape index (κ2) is 5.43. The van der Waals surface area contributed by atoms with Gasteiger partial charge in [0.05, 0.1) is 5.92 Å². The summed E-state index contributed by atoms with van der Waals surface area (Å²) >= 11 is 0. The molecule has 0 aromatic heterocycles. The second-order valence-electron chi connectivity index (χ2n) is 5.27. The molecule has 1 aliphatic heterocycles. The first-order chi connectivity index (χ1) is 8.99. The molecule has 2 unspecified atom stereocenters. The lowest BCUT2D eigenvalue weighted by Gasteiger charge is -2.36. The van der Waals surface area contributed by atoms with Gasteiger partial charge in [0.15, 0.2) is 0 Å². The lowest BCUT2D eigenvalue weighted by molar-refractivity contribution is -0.143. The van der Waals surface area contributed by atoms with Gasteiger partial charge < -0.3 is 10.0 Å². The van der Waals surface area contributed by atoms with E-state index >= 15 is 0 Å². The van der Waals surface area contributed by atoms with Crippen LogP contribution in [0, 0.1) is 12.8 Å². The smallest absolute Gasteiger partial charge is 0.306 e. The van der Waals surface area contributed by atoms with E-state index in [-0.39, 0.29) is 17.9 Å². The summed E-state index contributed by atoms with van der Waals surface area (Å²) < 4.78 is 0. The number of carboxylic acid groups (broad SMARTS) is 1. The van der Waals surface area contributed by atoms with Crippen LogP contribution < -0.4 is 0 Å². The Bertz CT molecular complexity index is 481. The molecule has 1 fully saturated rings. The normalized spacial score (nSPS) is 23.2. The minimum atomic E-state index is -0.755. The predicted molar refractivity (Wildman–Crippen MR) is 72.0 cm³/mol. The van der Waals surface area contributed by atoms with Gasteiger partial charge in [-0.05, 0) is 38.8 Å². The largest absolute Gasteiger partial charge is 0.481 e. The van der Waals surface area contributed by atoms with Gasteiger partial charge in [-0.15, -0.1) is 0 Å². The van der Waals surface area contributed by atoms with Crippen molar-refractivity contribution < 1.29 is 14.7 Å². The Morgan fingerprint density at radius 1 is 1.26 bits per heavy atom. The van der Waals surface area contributed by atoms with Crippen molar-refractivity contribution in [2.75, 3.05) is 6.54 Å². The van der Waals surface area contributed by atoms with Crippen molar-refractivity contribution in [3.05, 3.63) is 35.4 Å². The van der Waals surface area contributed by atoms with Gasteiger partial charge in [-0.1, -0.05) is 17.7 Å². The molecule has 0 bridgehead atoms. The average molecular weight is 261 g/mol. The quantitative estimate of drug-likeness (QED) is 0.888. The Balaban J connectivity index is 2.08. The van der Waals surface area contributed by atoms with Gasteiger partial charge in [0, 0.05) is 18.2 Å². The molecule has 4 heteroatoms. The van der Waals surface area contributed by atoms with E-state index in [4.69, 9.17) is 5.11 Å². The van der Waals surface area contributed by atoms with E-state index < -0.39 is 5.97 Å². The van der Waals surface area contributed by atoms with Gasteiger partial charge in [0.1, 0.15) is 0 Å². The molecule has 4 nitrogen and oxygen atoms in total. The van der Waals surface area contributed by atoms with E-state index in [1.54, 1.807) is 4.90 Å². The van der Waals surface area contributed by atoms with Crippen LogP contribution in [-0.2, 0) is 4.79 Å². The topological polar surface area (TPSA) is 57.6 Å². The molecule has 0 aliphatic carbocycles. The lowest BCUT2D eigenvalue weighted by Crippen LogP contribution is -2.46. The number of carbonyl (C=O) groups is 2. The summed E-state index contributed by atoms with van der Waals surface area (Å²) in [5, 5.41) is 9.03. The Morgan fingerprint density at radius 3 is 2.42 bits per heavy atom. The SMILES string of the molecule is Cc1ccc(C(=O)N2CCC(C(=O)O)CC2C)cc1. The number of carboxylic acids is 1. The highest BCUT2D eigenvalue weighted by molar-refractivity contribution is 5.94. The summed E-state index contributed by atoms with van der Waals surface area (Å²) in [7, 11) is 0. The number of amides is 1. The van der Waals surface area contributed by atoms with E-state index in [2.05, 4.69) is 0 Å². The van der Waals surface area contributed by atoms with E-state index in [1.165, 1.54) is 0 Å². The molecule has 0 radical (unpaired) electrons. The molecule has 1 aromatic carbocycles. The summed E-state index contributed by atoms with van der Waals surface area (Å²) in [6, 6.07) is 7.47. The van der Waals surface area contributed by atoms with Gasteiger partial charge in [-0.2, -0.15) is 0 Å². The van der Waals surface area contributed by atoms with Crippen molar-refractivity contribution >= 4 is 11.9 Å². The number of hydrogen-bond donors (Lipinski definition) is 1. The number of nitrogens with zero attached hydrogens (tertiary/aromatic N) is 1. The maximum atomic E-state index is 12.4. The van der Waals surface area contributed by atoms with Crippen LogP contribution in [0.4, 0.5) is 0 Å². The molecule has 1 heterocycles. The highest BCUT2D eigenvalue weighted by Gasteiger charge is 2.32. The molecule has 1 aromatic rings. The first-order valence-corrected chi connectivity index (χ1v) is 6.59. The zero-order valence-corrected chi connectivity index (χ0v) is 11.3. The van der Waals surface area contributed by atoms with Crippen LogP contribution in [0.25, 0.3) is 0 Å². The Labute approximate surface area is 113 Å². The third kappa shape index (κ3) is 2.95. The third-order valence-corrected chi connectivity index (χ3v) is 3.78. The molecule has 0 saturated carbocycles. The number of benzene rings is 1. The number of likely N-dealkylation sites (tertiary alicyclic amines) is 1. The van der Waals surface area contributed by atoms with Crippen LogP contribution in [0.3, 0.4) is 0 Å². The summed E-state index contributed by atoms with van der Waals surface area (Å²) in [6.45, 7) is 4.42. The molecule has 1 saturated heterocycles. The zero-order chi connectivity index (χ0) is 14.0. The molecule has 0 spiro atoms. The maximum absolute atomic E-state index is 12.4. The molecule has 2 atom stereocenters. The van der Waals surface area contributed by atoms with Gasteiger partial charge >= 0.3 is 5.97 Å². The summed E-state index contributed by atoms with van der Waals surface area (Å²) in [6.07, 6.45) is 1.07. The fraction of sp³-hybridized carbons (Fsp3) is 0.467. The van der Waals surface area contributed by atoms with Crippen LogP contribution in [0.2, 0.25) is 0 Å².